The fraction of sp³-hybridized carbons (Fsp3) is 0.120. The van der Waals surface area contributed by atoms with Crippen molar-refractivity contribution in [2.75, 3.05) is 0 Å². The quantitative estimate of drug-likeness (QED) is 0.264. The molecular weight excluding hydrogens is 420 g/mol. The number of nitrogens with zero attached hydrogens (tertiary/aromatic N) is 4. The van der Waals surface area contributed by atoms with Crippen molar-refractivity contribution >= 4 is 22.7 Å². The van der Waals surface area contributed by atoms with E-state index in [9.17, 15) is 4.79 Å². The Morgan fingerprint density at radius 1 is 0.969 bits per heavy atom. The first kappa shape index (κ1) is 20.2. The van der Waals surface area contributed by atoms with Crippen LogP contribution in [0.25, 0.3) is 28.0 Å². The van der Waals surface area contributed by atoms with Crippen LogP contribution in [0.3, 0.4) is 0 Å². The maximum absolute atomic E-state index is 12.2. The van der Waals surface area contributed by atoms with Crippen molar-refractivity contribution in [3.05, 3.63) is 101 Å². The highest BCUT2D eigenvalue weighted by atomic mass is 32.2. The Morgan fingerprint density at radius 3 is 2.56 bits per heavy atom. The number of aryl methyl sites for hydroxylation is 1. The number of benzene rings is 2. The van der Waals surface area contributed by atoms with Crippen LogP contribution in [0.1, 0.15) is 18.1 Å². The topological polar surface area (TPSA) is 73.8 Å². The van der Waals surface area contributed by atoms with Crippen molar-refractivity contribution in [1.29, 1.82) is 0 Å². The fourth-order valence-corrected chi connectivity index (χ4v) is 4.56. The first-order valence-corrected chi connectivity index (χ1v) is 11.3. The van der Waals surface area contributed by atoms with E-state index < -0.39 is 0 Å². The van der Waals surface area contributed by atoms with Crippen molar-refractivity contribution in [1.82, 2.24) is 19.7 Å². The van der Waals surface area contributed by atoms with Gasteiger partial charge in [-0.15, -0.1) is 10.2 Å². The molecule has 0 fully saturated rings. The number of thioether (sulfide) groups is 1. The Balaban J connectivity index is 1.55. The SMILES string of the molecule is CCc1ccc2c(CSc3nnc(-c4ccncc4)n3-c3ccccc3)cc(=O)oc2c1. The molecule has 0 saturated heterocycles. The molecule has 158 valence electrons. The van der Waals surface area contributed by atoms with E-state index in [0.29, 0.717) is 11.3 Å². The van der Waals surface area contributed by atoms with Gasteiger partial charge in [0.1, 0.15) is 5.58 Å². The molecule has 0 spiro atoms. The Kier molecular flexibility index (Phi) is 5.56. The van der Waals surface area contributed by atoms with Gasteiger partial charge in [0.25, 0.3) is 0 Å². The van der Waals surface area contributed by atoms with Crippen LogP contribution in [0.15, 0.2) is 93.5 Å². The van der Waals surface area contributed by atoms with E-state index in [1.807, 2.05) is 59.2 Å². The number of rotatable bonds is 6. The van der Waals surface area contributed by atoms with Gasteiger partial charge in [0, 0.05) is 40.8 Å². The minimum absolute atomic E-state index is 0.344. The molecule has 3 aromatic heterocycles. The molecule has 2 aromatic carbocycles. The summed E-state index contributed by atoms with van der Waals surface area (Å²) in [6.07, 6.45) is 4.37. The van der Waals surface area contributed by atoms with Gasteiger partial charge in [0.2, 0.25) is 0 Å². The molecule has 5 aromatic rings. The third-order valence-corrected chi connectivity index (χ3v) is 6.22. The van der Waals surface area contributed by atoms with Crippen LogP contribution in [0.2, 0.25) is 0 Å². The Morgan fingerprint density at radius 2 is 1.78 bits per heavy atom. The van der Waals surface area contributed by atoms with E-state index in [2.05, 4.69) is 28.2 Å². The summed E-state index contributed by atoms with van der Waals surface area (Å²) in [6, 6.07) is 21.4. The lowest BCUT2D eigenvalue weighted by atomic mass is 10.1. The molecule has 5 rings (SSSR count). The number of hydrogen-bond acceptors (Lipinski definition) is 6. The van der Waals surface area contributed by atoms with E-state index >= 15 is 0 Å². The number of hydrogen-bond donors (Lipinski definition) is 0. The molecule has 0 radical (unpaired) electrons. The Bertz CT molecular complexity index is 1430. The van der Waals surface area contributed by atoms with E-state index in [0.717, 1.165) is 45.2 Å². The van der Waals surface area contributed by atoms with Crippen LogP contribution < -0.4 is 5.63 Å². The Hall–Kier alpha value is -3.71. The lowest BCUT2D eigenvalue weighted by Gasteiger charge is -2.11. The second-order valence-corrected chi connectivity index (χ2v) is 8.22. The van der Waals surface area contributed by atoms with E-state index in [-0.39, 0.29) is 5.63 Å². The van der Waals surface area contributed by atoms with Crippen LogP contribution >= 0.6 is 11.8 Å². The molecule has 0 atom stereocenters. The van der Waals surface area contributed by atoms with Crippen molar-refractivity contribution in [3.63, 3.8) is 0 Å². The van der Waals surface area contributed by atoms with Crippen molar-refractivity contribution in [2.24, 2.45) is 0 Å². The third-order valence-electron chi connectivity index (χ3n) is 5.25. The molecule has 6 nitrogen and oxygen atoms in total. The zero-order valence-electron chi connectivity index (χ0n) is 17.4. The molecule has 0 unspecified atom stereocenters. The zero-order valence-corrected chi connectivity index (χ0v) is 18.2. The molecule has 0 amide bonds. The standard InChI is InChI=1S/C25H20N4O2S/c1-2-17-8-9-21-19(15-23(30)31-22(21)14-17)16-32-25-28-27-24(18-10-12-26-13-11-18)29(25)20-6-4-3-5-7-20/h3-15H,2,16H2,1H3. The summed E-state index contributed by atoms with van der Waals surface area (Å²) >= 11 is 1.54. The molecule has 0 saturated carbocycles. The summed E-state index contributed by atoms with van der Waals surface area (Å²) in [4.78, 5) is 16.3. The molecule has 0 aliphatic rings. The molecule has 0 bridgehead atoms. The maximum atomic E-state index is 12.2. The van der Waals surface area contributed by atoms with Crippen LogP contribution in [0.4, 0.5) is 0 Å². The zero-order chi connectivity index (χ0) is 21.9. The molecular formula is C25H20N4O2S. The van der Waals surface area contributed by atoms with Gasteiger partial charge in [-0.1, -0.05) is 49.0 Å². The minimum atomic E-state index is -0.344. The summed E-state index contributed by atoms with van der Waals surface area (Å²) in [5.41, 5.74) is 4.23. The second-order valence-electron chi connectivity index (χ2n) is 7.28. The number of pyridine rings is 1. The highest BCUT2D eigenvalue weighted by molar-refractivity contribution is 7.98. The largest absolute Gasteiger partial charge is 0.423 e. The second kappa shape index (κ2) is 8.80. The van der Waals surface area contributed by atoms with Crippen molar-refractivity contribution in [2.45, 2.75) is 24.3 Å². The minimum Gasteiger partial charge on any atom is -0.423 e. The summed E-state index contributed by atoms with van der Waals surface area (Å²) < 4.78 is 7.48. The number of aromatic nitrogens is 4. The lowest BCUT2D eigenvalue weighted by molar-refractivity contribution is 0.559. The summed E-state index contributed by atoms with van der Waals surface area (Å²) in [5, 5.41) is 10.6. The monoisotopic (exact) mass is 440 g/mol. The van der Waals surface area contributed by atoms with Crippen LogP contribution in [-0.2, 0) is 12.2 Å². The van der Waals surface area contributed by atoms with Gasteiger partial charge in [0.05, 0.1) is 0 Å². The van der Waals surface area contributed by atoms with Gasteiger partial charge >= 0.3 is 5.63 Å². The highest BCUT2D eigenvalue weighted by Crippen LogP contribution is 2.31. The molecule has 3 heterocycles. The van der Waals surface area contributed by atoms with Gasteiger partial charge in [-0.05, 0) is 47.9 Å². The smallest absolute Gasteiger partial charge is 0.336 e. The molecule has 32 heavy (non-hydrogen) atoms. The van der Waals surface area contributed by atoms with E-state index in [1.165, 1.54) is 11.8 Å². The van der Waals surface area contributed by atoms with Crippen LogP contribution in [-0.4, -0.2) is 19.7 Å². The highest BCUT2D eigenvalue weighted by Gasteiger charge is 2.17. The number of fused-ring (bicyclic) bond motifs is 1. The van der Waals surface area contributed by atoms with E-state index in [4.69, 9.17) is 4.42 Å². The van der Waals surface area contributed by atoms with E-state index in [1.54, 1.807) is 18.5 Å². The van der Waals surface area contributed by atoms with Gasteiger partial charge in [-0.25, -0.2) is 4.79 Å². The van der Waals surface area contributed by atoms with Crippen LogP contribution in [0, 0.1) is 0 Å². The van der Waals surface area contributed by atoms with Crippen molar-refractivity contribution in [3.8, 4) is 17.1 Å². The molecule has 0 N–H and O–H groups in total. The third kappa shape index (κ3) is 3.94. The molecule has 0 aliphatic carbocycles. The van der Waals surface area contributed by atoms with Gasteiger partial charge in [0.15, 0.2) is 11.0 Å². The fourth-order valence-electron chi connectivity index (χ4n) is 3.62. The summed E-state index contributed by atoms with van der Waals surface area (Å²) in [7, 11) is 0. The average Bonchev–Trinajstić information content (AvgIpc) is 3.27. The molecule has 0 aliphatic heterocycles. The first-order valence-electron chi connectivity index (χ1n) is 10.3. The average molecular weight is 441 g/mol. The lowest BCUT2D eigenvalue weighted by Crippen LogP contribution is -2.02. The van der Waals surface area contributed by atoms with Crippen LogP contribution in [0.5, 0.6) is 0 Å². The van der Waals surface area contributed by atoms with Gasteiger partial charge in [-0.2, -0.15) is 0 Å². The van der Waals surface area contributed by atoms with Crippen molar-refractivity contribution < 1.29 is 4.42 Å². The Labute approximate surface area is 189 Å². The molecule has 7 heteroatoms. The normalized spacial score (nSPS) is 11.2. The summed E-state index contributed by atoms with van der Waals surface area (Å²) in [5.74, 6) is 1.31. The predicted molar refractivity (Wildman–Crippen MR) is 126 cm³/mol. The van der Waals surface area contributed by atoms with Gasteiger partial charge in [-0.3, -0.25) is 9.55 Å². The summed E-state index contributed by atoms with van der Waals surface area (Å²) in [6.45, 7) is 2.08. The first-order chi connectivity index (χ1) is 15.7. The predicted octanol–water partition coefficient (Wildman–Crippen LogP) is 5.29. The van der Waals surface area contributed by atoms with Gasteiger partial charge < -0.3 is 4.42 Å². The number of para-hydroxylation sites is 1. The maximum Gasteiger partial charge on any atom is 0.336 e.